The predicted octanol–water partition coefficient (Wildman–Crippen LogP) is 1.62. The lowest BCUT2D eigenvalue weighted by Gasteiger charge is -2.09. The summed E-state index contributed by atoms with van der Waals surface area (Å²) < 4.78 is 36.2. The molecule has 1 aliphatic carbocycles. The Hall–Kier alpha value is -0.990. The average molecular weight is 365 g/mol. The number of carbonyl (C=O) groups is 1. The number of halogens is 2. The first-order valence-corrected chi connectivity index (χ1v) is 8.34. The summed E-state index contributed by atoms with van der Waals surface area (Å²) in [7, 11) is -4.21. The van der Waals surface area contributed by atoms with Crippen molar-refractivity contribution in [2.45, 2.75) is 18.2 Å². The first kappa shape index (κ1) is 15.4. The number of sulfonamides is 1. The largest absolute Gasteiger partial charge is 0.352 e. The Morgan fingerprint density at radius 1 is 1.55 bits per heavy atom. The molecular weight excluding hydrogens is 351 g/mol. The molecule has 0 bridgehead atoms. The van der Waals surface area contributed by atoms with E-state index in [1.54, 1.807) is 0 Å². The molecule has 1 aromatic carbocycles. The van der Waals surface area contributed by atoms with E-state index < -0.39 is 26.6 Å². The Morgan fingerprint density at radius 3 is 2.65 bits per heavy atom. The molecule has 2 rings (SSSR count). The lowest BCUT2D eigenvalue weighted by molar-refractivity contribution is 0.0950. The molecule has 1 aromatic rings. The summed E-state index contributed by atoms with van der Waals surface area (Å²) in [5.41, 5.74) is 0.0451. The highest BCUT2D eigenvalue weighted by Gasteiger charge is 2.32. The van der Waals surface area contributed by atoms with E-state index >= 15 is 0 Å². The Morgan fingerprint density at radius 2 is 2.15 bits per heavy atom. The van der Waals surface area contributed by atoms with E-state index in [4.69, 9.17) is 5.14 Å². The topological polar surface area (TPSA) is 89.3 Å². The van der Waals surface area contributed by atoms with E-state index in [-0.39, 0.29) is 10.0 Å². The third kappa shape index (κ3) is 3.36. The summed E-state index contributed by atoms with van der Waals surface area (Å²) in [5.74, 6) is -0.407. The van der Waals surface area contributed by atoms with Crippen molar-refractivity contribution in [2.24, 2.45) is 17.0 Å². The van der Waals surface area contributed by atoms with Gasteiger partial charge in [-0.1, -0.05) is 6.92 Å². The minimum atomic E-state index is -4.21. The van der Waals surface area contributed by atoms with Crippen molar-refractivity contribution in [1.29, 1.82) is 0 Å². The van der Waals surface area contributed by atoms with Gasteiger partial charge in [0.25, 0.3) is 5.91 Å². The highest BCUT2D eigenvalue weighted by atomic mass is 79.9. The van der Waals surface area contributed by atoms with Crippen LogP contribution in [-0.4, -0.2) is 20.9 Å². The molecule has 0 radical (unpaired) electrons. The first-order chi connectivity index (χ1) is 9.20. The second-order valence-corrected chi connectivity index (χ2v) is 7.37. The molecule has 0 spiro atoms. The lowest BCUT2D eigenvalue weighted by atomic mass is 10.2. The van der Waals surface area contributed by atoms with E-state index in [0.29, 0.717) is 18.4 Å². The van der Waals surface area contributed by atoms with E-state index in [1.807, 2.05) is 0 Å². The maximum atomic E-state index is 13.5. The van der Waals surface area contributed by atoms with E-state index in [1.165, 1.54) is 0 Å². The quantitative estimate of drug-likeness (QED) is 0.850. The minimum absolute atomic E-state index is 0.0451. The molecule has 5 nitrogen and oxygen atoms in total. The van der Waals surface area contributed by atoms with Crippen LogP contribution in [0.5, 0.6) is 0 Å². The third-order valence-electron chi connectivity index (χ3n) is 3.37. The average Bonchev–Trinajstić information content (AvgIpc) is 3.00. The van der Waals surface area contributed by atoms with E-state index in [9.17, 15) is 17.6 Å². The van der Waals surface area contributed by atoms with Gasteiger partial charge in [-0.25, -0.2) is 17.9 Å². The molecule has 2 unspecified atom stereocenters. The monoisotopic (exact) mass is 364 g/mol. The smallest absolute Gasteiger partial charge is 0.252 e. The number of rotatable bonds is 4. The zero-order valence-corrected chi connectivity index (χ0v) is 13.1. The van der Waals surface area contributed by atoms with Gasteiger partial charge in [-0.2, -0.15) is 0 Å². The van der Waals surface area contributed by atoms with Crippen LogP contribution < -0.4 is 10.5 Å². The van der Waals surface area contributed by atoms with Crippen LogP contribution in [-0.2, 0) is 10.0 Å². The van der Waals surface area contributed by atoms with Gasteiger partial charge in [0, 0.05) is 11.0 Å². The predicted molar refractivity (Wildman–Crippen MR) is 75.1 cm³/mol. The fourth-order valence-electron chi connectivity index (χ4n) is 1.92. The van der Waals surface area contributed by atoms with Crippen LogP contribution >= 0.6 is 15.9 Å². The van der Waals surface area contributed by atoms with Crippen LogP contribution in [0.2, 0.25) is 0 Å². The van der Waals surface area contributed by atoms with Gasteiger partial charge in [0.15, 0.2) is 0 Å². The number of hydrogen-bond donors (Lipinski definition) is 2. The molecule has 1 aliphatic rings. The number of amides is 1. The van der Waals surface area contributed by atoms with Gasteiger partial charge in [0.2, 0.25) is 10.0 Å². The second kappa shape index (κ2) is 5.42. The number of nitrogens with one attached hydrogen (secondary N) is 1. The Labute approximate surface area is 124 Å². The molecule has 8 heteroatoms. The summed E-state index contributed by atoms with van der Waals surface area (Å²) in [4.78, 5) is 11.3. The molecule has 0 aromatic heterocycles. The molecule has 20 heavy (non-hydrogen) atoms. The van der Waals surface area contributed by atoms with Crippen molar-refractivity contribution in [3.63, 3.8) is 0 Å². The number of benzene rings is 1. The Bertz CT molecular complexity index is 663. The molecule has 1 fully saturated rings. The van der Waals surface area contributed by atoms with Gasteiger partial charge in [-0.15, -0.1) is 0 Å². The maximum Gasteiger partial charge on any atom is 0.252 e. The zero-order valence-electron chi connectivity index (χ0n) is 10.7. The highest BCUT2D eigenvalue weighted by Crippen LogP contribution is 2.36. The van der Waals surface area contributed by atoms with Gasteiger partial charge in [0.1, 0.15) is 10.7 Å². The summed E-state index contributed by atoms with van der Waals surface area (Å²) >= 11 is 3.05. The number of nitrogens with two attached hydrogens (primary N) is 1. The Kier molecular flexibility index (Phi) is 4.17. The van der Waals surface area contributed by atoms with Crippen molar-refractivity contribution in [3.05, 3.63) is 28.0 Å². The molecular formula is C12H14BrFN2O3S. The normalized spacial score (nSPS) is 21.6. The zero-order chi connectivity index (χ0) is 15.1. The van der Waals surface area contributed by atoms with Crippen LogP contribution in [0.4, 0.5) is 4.39 Å². The van der Waals surface area contributed by atoms with Crippen molar-refractivity contribution in [3.8, 4) is 0 Å². The van der Waals surface area contributed by atoms with Gasteiger partial charge in [0.05, 0.1) is 5.56 Å². The molecule has 0 saturated heterocycles. The highest BCUT2D eigenvalue weighted by molar-refractivity contribution is 9.10. The fourth-order valence-corrected chi connectivity index (χ4v) is 3.03. The lowest BCUT2D eigenvalue weighted by Crippen LogP contribution is -2.27. The Balaban J connectivity index is 2.24. The molecule has 0 aliphatic heterocycles. The van der Waals surface area contributed by atoms with Gasteiger partial charge < -0.3 is 5.32 Å². The minimum Gasteiger partial charge on any atom is -0.352 e. The fraction of sp³-hybridized carbons (Fsp3) is 0.417. The molecule has 1 amide bonds. The van der Waals surface area contributed by atoms with Crippen molar-refractivity contribution < 1.29 is 17.6 Å². The molecule has 110 valence electrons. The number of carbonyl (C=O) groups excluding carboxylic acids is 1. The van der Waals surface area contributed by atoms with Gasteiger partial charge in [-0.3, -0.25) is 4.79 Å². The maximum absolute atomic E-state index is 13.5. The van der Waals surface area contributed by atoms with E-state index in [2.05, 4.69) is 28.2 Å². The van der Waals surface area contributed by atoms with Gasteiger partial charge >= 0.3 is 0 Å². The van der Waals surface area contributed by atoms with Crippen LogP contribution in [0.25, 0.3) is 0 Å². The third-order valence-corrected chi connectivity index (χ3v) is 4.96. The van der Waals surface area contributed by atoms with Crippen LogP contribution in [0.15, 0.2) is 21.5 Å². The van der Waals surface area contributed by atoms with Crippen molar-refractivity contribution >= 4 is 31.9 Å². The van der Waals surface area contributed by atoms with Crippen molar-refractivity contribution in [2.75, 3.05) is 6.54 Å². The SMILES string of the molecule is CC1CC1CNC(=O)c1cc(S(N)(=O)=O)c(F)cc1Br. The van der Waals surface area contributed by atoms with Crippen molar-refractivity contribution in [1.82, 2.24) is 5.32 Å². The summed E-state index contributed by atoms with van der Waals surface area (Å²) in [5, 5.41) is 7.62. The summed E-state index contributed by atoms with van der Waals surface area (Å²) in [6.45, 7) is 2.61. The second-order valence-electron chi connectivity index (χ2n) is 4.99. The van der Waals surface area contributed by atoms with Crippen LogP contribution in [0.1, 0.15) is 23.7 Å². The van der Waals surface area contributed by atoms with Crippen LogP contribution in [0, 0.1) is 17.7 Å². The molecule has 2 atom stereocenters. The molecule has 3 N–H and O–H groups in total. The van der Waals surface area contributed by atoms with Crippen LogP contribution in [0.3, 0.4) is 0 Å². The van der Waals surface area contributed by atoms with Gasteiger partial charge in [-0.05, 0) is 46.3 Å². The number of primary sulfonamides is 1. The molecule has 1 saturated carbocycles. The number of hydrogen-bond acceptors (Lipinski definition) is 3. The molecule has 0 heterocycles. The van der Waals surface area contributed by atoms with E-state index in [0.717, 1.165) is 18.6 Å². The standard InChI is InChI=1S/C12H14BrFN2O3S/c1-6-2-7(6)5-16-12(17)8-3-11(20(15,18)19)10(14)4-9(8)13/h3-4,6-7H,2,5H2,1H3,(H,16,17)(H2,15,18,19). The summed E-state index contributed by atoms with van der Waals surface area (Å²) in [6, 6.07) is 1.87. The first-order valence-electron chi connectivity index (χ1n) is 6.00. The summed E-state index contributed by atoms with van der Waals surface area (Å²) in [6.07, 6.45) is 1.06.